The topological polar surface area (TPSA) is 109 Å². The molecular weight excluding hydrogens is 440 g/mol. The van der Waals surface area contributed by atoms with E-state index >= 15 is 0 Å². The van der Waals surface area contributed by atoms with E-state index < -0.39 is 47.3 Å². The maximum absolute atomic E-state index is 12.3. The summed E-state index contributed by atoms with van der Waals surface area (Å²) in [6, 6.07) is 0. The summed E-state index contributed by atoms with van der Waals surface area (Å²) in [6.07, 6.45) is 6.47. The Balaban J connectivity index is 0.000000190. The Kier molecular flexibility index (Phi) is 5.68. The van der Waals surface area contributed by atoms with Crippen LogP contribution in [0.3, 0.4) is 0 Å². The van der Waals surface area contributed by atoms with Crippen LogP contribution in [0, 0.1) is 5.92 Å². The molecule has 0 aromatic heterocycles. The molecule has 142 valence electrons. The fraction of sp³-hybridized carbons (Fsp3) is 0.400. The van der Waals surface area contributed by atoms with Crippen LogP contribution >= 0.6 is 0 Å². The molecule has 0 spiro atoms. The number of carbonyl (C=O) groups is 2. The minimum absolute atomic E-state index is 0.0205. The minimum Gasteiger partial charge on any atom is -0.219 e. The molecule has 2 N–H and O–H groups in total. The van der Waals surface area contributed by atoms with Crippen molar-refractivity contribution in [3.05, 3.63) is 34.7 Å². The van der Waals surface area contributed by atoms with Crippen LogP contribution in [0.15, 0.2) is 34.7 Å². The Morgan fingerprint density at radius 2 is 1.88 bits per heavy atom. The first-order valence-corrected chi connectivity index (χ1v) is 10.8. The number of hydrogen-bond acceptors (Lipinski definition) is 4. The molecule has 2 bridgehead atoms. The third kappa shape index (κ3) is 3.71. The zero-order chi connectivity index (χ0) is 19.8. The molecular formula is C15H14AsF3O6S. The maximum Gasteiger partial charge on any atom is 0.498 e. The summed E-state index contributed by atoms with van der Waals surface area (Å²) in [5, 5.41) is 17.2. The molecule has 0 aromatic carbocycles. The van der Waals surface area contributed by atoms with E-state index in [1.807, 2.05) is 0 Å². The van der Waals surface area contributed by atoms with Gasteiger partial charge in [0.05, 0.1) is 4.75 Å². The number of sulfone groups is 1. The summed E-state index contributed by atoms with van der Waals surface area (Å²) in [6.45, 7) is 0. The summed E-state index contributed by atoms with van der Waals surface area (Å²) in [5.74, 6) is -2.29. The molecule has 0 aromatic rings. The van der Waals surface area contributed by atoms with Gasteiger partial charge in [-0.25, -0.2) is 8.42 Å². The normalized spacial score (nSPS) is 27.3. The van der Waals surface area contributed by atoms with Gasteiger partial charge in [-0.3, -0.25) is 0 Å². The molecule has 0 radical (unpaired) electrons. The molecule has 3 rings (SSSR count). The minimum atomic E-state index is -5.13. The molecule has 6 nitrogen and oxygen atoms in total. The zero-order valence-corrected chi connectivity index (χ0v) is 15.8. The number of carboxylic acids is 2. The van der Waals surface area contributed by atoms with Gasteiger partial charge >= 0.3 is 79.5 Å². The maximum atomic E-state index is 12.3. The van der Waals surface area contributed by atoms with E-state index in [2.05, 4.69) is 0 Å². The Morgan fingerprint density at radius 3 is 2.23 bits per heavy atom. The summed E-state index contributed by atoms with van der Waals surface area (Å²) < 4.78 is 57.8. The third-order valence-electron chi connectivity index (χ3n) is 4.30. The molecule has 3 aliphatic rings. The molecule has 26 heavy (non-hydrogen) atoms. The number of fused-ring (bicyclic) bond motifs is 2. The first-order valence-electron chi connectivity index (χ1n) is 7.33. The molecule has 11 heteroatoms. The summed E-state index contributed by atoms with van der Waals surface area (Å²) in [7, 11) is -5.03. The van der Waals surface area contributed by atoms with Crippen molar-refractivity contribution < 1.29 is 41.4 Å². The van der Waals surface area contributed by atoms with Crippen LogP contribution in [0.2, 0.25) is 0 Å². The molecule has 0 saturated heterocycles. The number of alkyl halides is 3. The van der Waals surface area contributed by atoms with Gasteiger partial charge in [0.25, 0.3) is 9.84 Å². The van der Waals surface area contributed by atoms with Crippen molar-refractivity contribution in [2.24, 2.45) is 5.92 Å². The monoisotopic (exact) mass is 454 g/mol. The average molecular weight is 454 g/mol. The van der Waals surface area contributed by atoms with Crippen LogP contribution in [-0.2, 0) is 19.4 Å². The van der Waals surface area contributed by atoms with E-state index in [9.17, 15) is 31.2 Å². The molecule has 2 unspecified atom stereocenters. The van der Waals surface area contributed by atoms with Crippen LogP contribution in [0.25, 0.3) is 0 Å². The zero-order valence-electron chi connectivity index (χ0n) is 13.1. The second-order valence-corrected chi connectivity index (χ2v) is 10.3. The van der Waals surface area contributed by atoms with E-state index in [0.717, 1.165) is 0 Å². The Hall–Kier alpha value is -1.67. The average Bonchev–Trinajstić information content (AvgIpc) is 3.17. The van der Waals surface area contributed by atoms with Gasteiger partial charge in [-0.15, -0.1) is 0 Å². The molecule has 2 atom stereocenters. The standard InChI is InChI=1S/C8H9F3O2S.C7H5AsO4/c9-8(10,11)14(12,13)7-3-1-6(5-7)2-4-7;9-6(10)4-2-1-3-8-5(4)7(11)12/h1,3,6H,2,4-5H2;1-3H,(H,9,10)(H,11,12). The number of aliphatic carboxylic acids is 2. The summed E-state index contributed by atoms with van der Waals surface area (Å²) in [4.78, 5) is 22.7. The molecule has 1 heterocycles. The van der Waals surface area contributed by atoms with Gasteiger partial charge in [0.15, 0.2) is 0 Å². The van der Waals surface area contributed by atoms with Crippen molar-refractivity contribution in [2.45, 2.75) is 29.5 Å². The van der Waals surface area contributed by atoms with E-state index in [-0.39, 0.29) is 28.6 Å². The van der Waals surface area contributed by atoms with Crippen molar-refractivity contribution in [1.82, 2.24) is 0 Å². The van der Waals surface area contributed by atoms with E-state index in [1.165, 1.54) is 12.2 Å². The van der Waals surface area contributed by atoms with Crippen LogP contribution < -0.4 is 0 Å². The van der Waals surface area contributed by atoms with Crippen LogP contribution in [0.1, 0.15) is 19.3 Å². The van der Waals surface area contributed by atoms with E-state index in [1.54, 1.807) is 17.0 Å². The van der Waals surface area contributed by atoms with Crippen LogP contribution in [-0.4, -0.2) is 60.4 Å². The predicted molar refractivity (Wildman–Crippen MR) is 87.4 cm³/mol. The third-order valence-corrected chi connectivity index (χ3v) is 8.61. The molecule has 1 aliphatic heterocycles. The van der Waals surface area contributed by atoms with E-state index in [4.69, 9.17) is 10.2 Å². The van der Waals surface area contributed by atoms with Crippen LogP contribution in [0.4, 0.5) is 13.2 Å². The fourth-order valence-corrected chi connectivity index (χ4v) is 6.11. The van der Waals surface area contributed by atoms with Gasteiger partial charge in [-0.2, -0.15) is 13.2 Å². The van der Waals surface area contributed by atoms with Gasteiger partial charge in [0.1, 0.15) is 0 Å². The van der Waals surface area contributed by atoms with Gasteiger partial charge in [-0.1, -0.05) is 12.2 Å². The molecule has 2 aliphatic carbocycles. The van der Waals surface area contributed by atoms with Gasteiger partial charge in [0, 0.05) is 0 Å². The van der Waals surface area contributed by atoms with Crippen molar-refractivity contribution in [3.8, 4) is 0 Å². The smallest absolute Gasteiger partial charge is 0.219 e. The molecule has 1 fully saturated rings. The van der Waals surface area contributed by atoms with Crippen molar-refractivity contribution in [1.29, 1.82) is 0 Å². The van der Waals surface area contributed by atoms with Gasteiger partial charge in [0.2, 0.25) is 0 Å². The van der Waals surface area contributed by atoms with Crippen LogP contribution in [0.5, 0.6) is 0 Å². The Bertz CT molecular complexity index is 821. The Morgan fingerprint density at radius 1 is 1.23 bits per heavy atom. The number of hydrogen-bond donors (Lipinski definition) is 2. The molecule has 0 amide bonds. The number of rotatable bonds is 3. The van der Waals surface area contributed by atoms with E-state index in [0.29, 0.717) is 6.42 Å². The van der Waals surface area contributed by atoms with Crippen molar-refractivity contribution in [2.75, 3.05) is 0 Å². The van der Waals surface area contributed by atoms with Gasteiger partial charge in [-0.05, 0) is 25.2 Å². The summed E-state index contributed by atoms with van der Waals surface area (Å²) in [5.41, 5.74) is -5.22. The largest absolute Gasteiger partial charge is 0.498 e. The number of carboxylic acid groups (broad SMARTS) is 2. The van der Waals surface area contributed by atoms with Crippen molar-refractivity contribution >= 4 is 41.4 Å². The summed E-state index contributed by atoms with van der Waals surface area (Å²) >= 11 is -0.637. The SMILES string of the molecule is O=C(O)C1=CC=C[As]=C1C(=O)O.O=S(=O)(C(F)(F)F)C12C=CC(CC1)C2. The quantitative estimate of drug-likeness (QED) is 0.495. The second kappa shape index (κ2) is 7.15. The molecule has 1 saturated carbocycles. The second-order valence-electron chi connectivity index (χ2n) is 5.89. The fourth-order valence-electron chi connectivity index (χ4n) is 3.02. The van der Waals surface area contributed by atoms with Crippen molar-refractivity contribution in [3.63, 3.8) is 0 Å². The van der Waals surface area contributed by atoms with Gasteiger partial charge < -0.3 is 0 Å². The predicted octanol–water partition coefficient (Wildman–Crippen LogP) is 1.52. The Labute approximate surface area is 153 Å². The number of allylic oxidation sites excluding steroid dienone is 3. The first kappa shape index (κ1) is 20.6. The number of halogens is 3. The first-order chi connectivity index (χ1) is 11.9.